The highest BCUT2D eigenvalue weighted by Gasteiger charge is 2.28. The maximum atomic E-state index is 9.80. The lowest BCUT2D eigenvalue weighted by Crippen LogP contribution is -2.28. The summed E-state index contributed by atoms with van der Waals surface area (Å²) in [6.45, 7) is 3.26. The number of anilines is 1. The Balaban J connectivity index is 2.35. The van der Waals surface area contributed by atoms with Gasteiger partial charge in [0.05, 0.1) is 6.10 Å². The first-order valence-electron chi connectivity index (χ1n) is 5.51. The Morgan fingerprint density at radius 1 is 1.60 bits per heavy atom. The first-order chi connectivity index (χ1) is 7.27. The Kier molecular flexibility index (Phi) is 2.93. The third-order valence-electron chi connectivity index (χ3n) is 3.17. The fraction of sp³-hybridized carbons (Fsp3) is 0.500. The van der Waals surface area contributed by atoms with Gasteiger partial charge in [-0.25, -0.2) is 0 Å². The average molecular weight is 206 g/mol. The van der Waals surface area contributed by atoms with Crippen molar-refractivity contribution in [3.8, 4) is 0 Å². The van der Waals surface area contributed by atoms with Crippen LogP contribution in [0.3, 0.4) is 0 Å². The van der Waals surface area contributed by atoms with Crippen LogP contribution in [0, 0.1) is 0 Å². The van der Waals surface area contributed by atoms with Gasteiger partial charge in [-0.1, -0.05) is 25.1 Å². The summed E-state index contributed by atoms with van der Waals surface area (Å²) in [7, 11) is 0. The van der Waals surface area contributed by atoms with Crippen molar-refractivity contribution in [1.82, 2.24) is 0 Å². The van der Waals surface area contributed by atoms with E-state index in [4.69, 9.17) is 5.73 Å². The molecule has 0 amide bonds. The van der Waals surface area contributed by atoms with Crippen LogP contribution in [0.15, 0.2) is 18.2 Å². The smallest absolute Gasteiger partial charge is 0.0748 e. The van der Waals surface area contributed by atoms with Crippen molar-refractivity contribution in [1.29, 1.82) is 0 Å². The van der Waals surface area contributed by atoms with Crippen molar-refractivity contribution < 1.29 is 5.11 Å². The number of hydrogen-bond acceptors (Lipinski definition) is 3. The second kappa shape index (κ2) is 4.21. The van der Waals surface area contributed by atoms with E-state index in [9.17, 15) is 5.11 Å². The van der Waals surface area contributed by atoms with Gasteiger partial charge >= 0.3 is 0 Å². The van der Waals surface area contributed by atoms with E-state index in [0.717, 1.165) is 13.0 Å². The number of aliphatic hydroxyl groups excluding tert-OH is 1. The molecule has 3 nitrogen and oxygen atoms in total. The summed E-state index contributed by atoms with van der Waals surface area (Å²) < 4.78 is 0. The topological polar surface area (TPSA) is 58.3 Å². The zero-order chi connectivity index (χ0) is 10.8. The molecule has 0 saturated heterocycles. The molecule has 0 spiro atoms. The van der Waals surface area contributed by atoms with E-state index < -0.39 is 6.10 Å². The molecule has 1 aliphatic heterocycles. The average Bonchev–Trinajstić information content (AvgIpc) is 2.71. The lowest BCUT2D eigenvalue weighted by atomic mass is 9.93. The molecule has 15 heavy (non-hydrogen) atoms. The van der Waals surface area contributed by atoms with Crippen LogP contribution in [0.4, 0.5) is 5.69 Å². The summed E-state index contributed by atoms with van der Waals surface area (Å²) in [6.07, 6.45) is 0.576. The molecule has 0 bridgehead atoms. The lowest BCUT2D eigenvalue weighted by Gasteiger charge is -2.16. The summed E-state index contributed by atoms with van der Waals surface area (Å²) in [5.74, 6) is 0.150. The molecule has 3 heteroatoms. The van der Waals surface area contributed by atoms with Gasteiger partial charge in [0.25, 0.3) is 0 Å². The summed E-state index contributed by atoms with van der Waals surface area (Å²) in [5, 5.41) is 13.2. The molecule has 4 N–H and O–H groups in total. The third-order valence-corrected chi connectivity index (χ3v) is 3.17. The monoisotopic (exact) mass is 206 g/mol. The minimum absolute atomic E-state index is 0.150. The Bertz CT molecular complexity index is 351. The molecule has 0 saturated carbocycles. The number of aryl methyl sites for hydroxylation is 1. The summed E-state index contributed by atoms with van der Waals surface area (Å²) >= 11 is 0. The van der Waals surface area contributed by atoms with Crippen molar-refractivity contribution in [2.45, 2.75) is 25.4 Å². The standard InChI is InChI=1S/C12H18N2O/c1-2-8-4-3-5-9-10(11(15)6-13)7-14-12(8)9/h3-5,10-11,14-15H,2,6-7,13H2,1H3. The number of para-hydroxylation sites is 1. The normalized spacial score (nSPS) is 20.9. The number of rotatable bonds is 3. The predicted octanol–water partition coefficient (Wildman–Crippen LogP) is 1.08. The molecule has 1 aliphatic rings. The van der Waals surface area contributed by atoms with Crippen LogP contribution in [-0.4, -0.2) is 24.3 Å². The van der Waals surface area contributed by atoms with Gasteiger partial charge in [0, 0.05) is 24.7 Å². The SMILES string of the molecule is CCc1cccc2c1NCC2C(O)CN. The first-order valence-corrected chi connectivity index (χ1v) is 5.51. The van der Waals surface area contributed by atoms with Gasteiger partial charge in [-0.3, -0.25) is 0 Å². The number of fused-ring (bicyclic) bond motifs is 1. The van der Waals surface area contributed by atoms with E-state index in [1.54, 1.807) is 0 Å². The highest BCUT2D eigenvalue weighted by atomic mass is 16.3. The maximum Gasteiger partial charge on any atom is 0.0748 e. The van der Waals surface area contributed by atoms with Crippen LogP contribution in [-0.2, 0) is 6.42 Å². The second-order valence-electron chi connectivity index (χ2n) is 4.03. The summed E-state index contributed by atoms with van der Waals surface area (Å²) in [6, 6.07) is 6.27. The Labute approximate surface area is 90.3 Å². The van der Waals surface area contributed by atoms with Crippen LogP contribution in [0.2, 0.25) is 0 Å². The van der Waals surface area contributed by atoms with Gasteiger partial charge in [0.15, 0.2) is 0 Å². The molecule has 0 radical (unpaired) electrons. The molecule has 2 unspecified atom stereocenters. The van der Waals surface area contributed by atoms with Crippen LogP contribution >= 0.6 is 0 Å². The highest BCUT2D eigenvalue weighted by Crippen LogP contribution is 2.36. The number of nitrogens with one attached hydrogen (secondary N) is 1. The van der Waals surface area contributed by atoms with E-state index in [0.29, 0.717) is 6.54 Å². The molecule has 0 aliphatic carbocycles. The molecule has 2 rings (SSSR count). The Morgan fingerprint density at radius 2 is 2.40 bits per heavy atom. The molecule has 82 valence electrons. The quantitative estimate of drug-likeness (QED) is 0.693. The zero-order valence-electron chi connectivity index (χ0n) is 9.03. The highest BCUT2D eigenvalue weighted by molar-refractivity contribution is 5.63. The van der Waals surface area contributed by atoms with E-state index in [-0.39, 0.29) is 5.92 Å². The van der Waals surface area contributed by atoms with Crippen LogP contribution < -0.4 is 11.1 Å². The minimum atomic E-state index is -0.439. The van der Waals surface area contributed by atoms with Gasteiger partial charge in [0.2, 0.25) is 0 Å². The molecule has 0 fully saturated rings. The molecule has 0 aromatic heterocycles. The van der Waals surface area contributed by atoms with Gasteiger partial charge in [-0.05, 0) is 17.5 Å². The minimum Gasteiger partial charge on any atom is -0.391 e. The molecule has 1 heterocycles. The third kappa shape index (κ3) is 1.73. The van der Waals surface area contributed by atoms with Crippen molar-refractivity contribution in [3.63, 3.8) is 0 Å². The number of hydrogen-bond donors (Lipinski definition) is 3. The summed E-state index contributed by atoms with van der Waals surface area (Å²) in [4.78, 5) is 0. The van der Waals surface area contributed by atoms with Gasteiger partial charge < -0.3 is 16.2 Å². The van der Waals surface area contributed by atoms with E-state index >= 15 is 0 Å². The molecular formula is C12H18N2O. The van der Waals surface area contributed by atoms with E-state index in [1.807, 2.05) is 0 Å². The maximum absolute atomic E-state index is 9.80. The zero-order valence-corrected chi connectivity index (χ0v) is 9.03. The van der Waals surface area contributed by atoms with Gasteiger partial charge in [0.1, 0.15) is 0 Å². The predicted molar refractivity (Wildman–Crippen MR) is 62.1 cm³/mol. The second-order valence-corrected chi connectivity index (χ2v) is 4.03. The van der Waals surface area contributed by atoms with Crippen LogP contribution in [0.5, 0.6) is 0 Å². The fourth-order valence-electron chi connectivity index (χ4n) is 2.27. The van der Waals surface area contributed by atoms with E-state index in [1.165, 1.54) is 16.8 Å². The van der Waals surface area contributed by atoms with Crippen LogP contribution in [0.25, 0.3) is 0 Å². The van der Waals surface area contributed by atoms with Crippen molar-refractivity contribution in [2.24, 2.45) is 5.73 Å². The van der Waals surface area contributed by atoms with Crippen LogP contribution in [0.1, 0.15) is 24.0 Å². The molecular weight excluding hydrogens is 188 g/mol. The Morgan fingerprint density at radius 3 is 3.07 bits per heavy atom. The first kappa shape index (κ1) is 10.5. The molecule has 1 aromatic carbocycles. The lowest BCUT2D eigenvalue weighted by molar-refractivity contribution is 0.157. The molecule has 1 aromatic rings. The van der Waals surface area contributed by atoms with Gasteiger partial charge in [-0.2, -0.15) is 0 Å². The number of aliphatic hydroxyl groups is 1. The van der Waals surface area contributed by atoms with Crippen molar-refractivity contribution >= 4 is 5.69 Å². The summed E-state index contributed by atoms with van der Waals surface area (Å²) in [5.41, 5.74) is 9.24. The molecule has 2 atom stereocenters. The van der Waals surface area contributed by atoms with Crippen molar-refractivity contribution in [3.05, 3.63) is 29.3 Å². The van der Waals surface area contributed by atoms with Gasteiger partial charge in [-0.15, -0.1) is 0 Å². The van der Waals surface area contributed by atoms with Crippen molar-refractivity contribution in [2.75, 3.05) is 18.4 Å². The number of benzene rings is 1. The largest absolute Gasteiger partial charge is 0.391 e. The number of nitrogens with two attached hydrogens (primary N) is 1. The Hall–Kier alpha value is -1.06. The fourth-order valence-corrected chi connectivity index (χ4v) is 2.27. The van der Waals surface area contributed by atoms with E-state index in [2.05, 4.69) is 30.4 Å².